The monoisotopic (exact) mass is 406 g/mol. The summed E-state index contributed by atoms with van der Waals surface area (Å²) in [6.45, 7) is 4.07. The van der Waals surface area contributed by atoms with Crippen molar-refractivity contribution in [3.05, 3.63) is 77.6 Å². The van der Waals surface area contributed by atoms with Gasteiger partial charge in [-0.2, -0.15) is 5.10 Å². The molecule has 0 unspecified atom stereocenters. The maximum absolute atomic E-state index is 12.6. The SMILES string of the molecule is CCCCCc1ccc(NC(=S)NC(=O)c2cnn(-c3ccccc3)c2C)cc1. The number of hydrogen-bond donors (Lipinski definition) is 2. The number of carbonyl (C=O) groups is 1. The predicted octanol–water partition coefficient (Wildman–Crippen LogP) is 5.04. The number of aromatic nitrogens is 2. The second-order valence-electron chi connectivity index (χ2n) is 6.95. The van der Waals surface area contributed by atoms with Crippen molar-refractivity contribution < 1.29 is 4.79 Å². The fourth-order valence-electron chi connectivity index (χ4n) is 3.13. The number of aryl methyl sites for hydroxylation is 1. The fourth-order valence-corrected chi connectivity index (χ4v) is 3.34. The van der Waals surface area contributed by atoms with E-state index in [9.17, 15) is 4.79 Å². The average Bonchev–Trinajstić information content (AvgIpc) is 3.11. The molecule has 1 aromatic heterocycles. The molecule has 0 aliphatic carbocycles. The molecule has 0 radical (unpaired) electrons. The molecule has 3 aromatic rings. The van der Waals surface area contributed by atoms with Crippen LogP contribution < -0.4 is 10.6 Å². The fraction of sp³-hybridized carbons (Fsp3) is 0.261. The maximum Gasteiger partial charge on any atom is 0.260 e. The number of rotatable bonds is 7. The highest BCUT2D eigenvalue weighted by Crippen LogP contribution is 2.15. The molecule has 0 saturated heterocycles. The molecule has 6 heteroatoms. The van der Waals surface area contributed by atoms with Crippen LogP contribution in [0, 0.1) is 6.92 Å². The maximum atomic E-state index is 12.6. The van der Waals surface area contributed by atoms with Crippen LogP contribution in [-0.2, 0) is 6.42 Å². The highest BCUT2D eigenvalue weighted by atomic mass is 32.1. The first kappa shape index (κ1) is 20.7. The summed E-state index contributed by atoms with van der Waals surface area (Å²) in [5.74, 6) is -0.279. The summed E-state index contributed by atoms with van der Waals surface area (Å²) in [7, 11) is 0. The van der Waals surface area contributed by atoms with Gasteiger partial charge in [-0.25, -0.2) is 4.68 Å². The molecule has 0 aliphatic rings. The second kappa shape index (κ2) is 9.98. The number of para-hydroxylation sites is 1. The highest BCUT2D eigenvalue weighted by molar-refractivity contribution is 7.80. The molecule has 0 spiro atoms. The van der Waals surface area contributed by atoms with Crippen LogP contribution in [0.5, 0.6) is 0 Å². The molecule has 0 saturated carbocycles. The summed E-state index contributed by atoms with van der Waals surface area (Å²) in [5.41, 5.74) is 4.31. The first-order valence-corrected chi connectivity index (χ1v) is 10.3. The third-order valence-corrected chi connectivity index (χ3v) is 4.97. The zero-order valence-corrected chi connectivity index (χ0v) is 17.6. The second-order valence-corrected chi connectivity index (χ2v) is 7.36. The predicted molar refractivity (Wildman–Crippen MR) is 122 cm³/mol. The zero-order valence-electron chi connectivity index (χ0n) is 16.8. The lowest BCUT2D eigenvalue weighted by atomic mass is 10.1. The van der Waals surface area contributed by atoms with Gasteiger partial charge in [0.1, 0.15) is 0 Å². The summed E-state index contributed by atoms with van der Waals surface area (Å²) in [4.78, 5) is 12.6. The Balaban J connectivity index is 1.58. The van der Waals surface area contributed by atoms with Crippen molar-refractivity contribution in [1.29, 1.82) is 0 Å². The minimum Gasteiger partial charge on any atom is -0.332 e. The minimum absolute atomic E-state index is 0.264. The number of anilines is 1. The highest BCUT2D eigenvalue weighted by Gasteiger charge is 2.16. The summed E-state index contributed by atoms with van der Waals surface area (Å²) in [5, 5.41) is 10.4. The van der Waals surface area contributed by atoms with Gasteiger partial charge in [-0.05, 0) is 61.8 Å². The molecular weight excluding hydrogens is 380 g/mol. The topological polar surface area (TPSA) is 58.9 Å². The van der Waals surface area contributed by atoms with Gasteiger partial charge in [-0.3, -0.25) is 10.1 Å². The number of nitrogens with zero attached hydrogens (tertiary/aromatic N) is 2. The van der Waals surface area contributed by atoms with Gasteiger partial charge in [-0.1, -0.05) is 50.1 Å². The number of carbonyl (C=O) groups excluding carboxylic acids is 1. The molecule has 5 nitrogen and oxygen atoms in total. The van der Waals surface area contributed by atoms with Gasteiger partial charge in [0, 0.05) is 5.69 Å². The van der Waals surface area contributed by atoms with E-state index in [0.29, 0.717) is 5.56 Å². The van der Waals surface area contributed by atoms with Gasteiger partial charge >= 0.3 is 0 Å². The van der Waals surface area contributed by atoms with Crippen molar-refractivity contribution in [2.45, 2.75) is 39.5 Å². The first-order chi connectivity index (χ1) is 14.1. The smallest absolute Gasteiger partial charge is 0.260 e. The molecule has 0 bridgehead atoms. The molecule has 1 heterocycles. The first-order valence-electron chi connectivity index (χ1n) is 9.90. The van der Waals surface area contributed by atoms with Gasteiger partial charge in [0.15, 0.2) is 5.11 Å². The van der Waals surface area contributed by atoms with Gasteiger partial charge in [0.2, 0.25) is 0 Å². The van der Waals surface area contributed by atoms with Crippen molar-refractivity contribution in [2.75, 3.05) is 5.32 Å². The Labute approximate surface area is 177 Å². The van der Waals surface area contributed by atoms with Crippen molar-refractivity contribution in [3.63, 3.8) is 0 Å². The number of thiocarbonyl (C=S) groups is 1. The van der Waals surface area contributed by atoms with E-state index in [2.05, 4.69) is 34.8 Å². The van der Waals surface area contributed by atoms with E-state index in [1.807, 2.05) is 49.4 Å². The third-order valence-electron chi connectivity index (χ3n) is 4.76. The summed E-state index contributed by atoms with van der Waals surface area (Å²) in [6.07, 6.45) is 6.31. The molecular formula is C23H26N4OS. The Hall–Kier alpha value is -2.99. The number of hydrogen-bond acceptors (Lipinski definition) is 3. The molecule has 0 fully saturated rings. The molecule has 0 aliphatic heterocycles. The number of unbranched alkanes of at least 4 members (excludes halogenated alkanes) is 2. The quantitative estimate of drug-likeness (QED) is 0.426. The van der Waals surface area contributed by atoms with E-state index in [1.54, 1.807) is 10.9 Å². The Morgan fingerprint density at radius 3 is 2.48 bits per heavy atom. The average molecular weight is 407 g/mol. The van der Waals surface area contributed by atoms with E-state index < -0.39 is 0 Å². The van der Waals surface area contributed by atoms with Crippen molar-refractivity contribution in [2.24, 2.45) is 0 Å². The van der Waals surface area contributed by atoms with Crippen LogP contribution in [0.1, 0.15) is 47.8 Å². The Bertz CT molecular complexity index is 964. The van der Waals surface area contributed by atoms with E-state index in [-0.39, 0.29) is 11.0 Å². The van der Waals surface area contributed by atoms with Gasteiger partial charge < -0.3 is 5.32 Å². The van der Waals surface area contributed by atoms with Gasteiger partial charge in [0.25, 0.3) is 5.91 Å². The van der Waals surface area contributed by atoms with Crippen LogP contribution in [0.15, 0.2) is 60.8 Å². The summed E-state index contributed by atoms with van der Waals surface area (Å²) in [6, 6.07) is 17.9. The largest absolute Gasteiger partial charge is 0.332 e. The Morgan fingerprint density at radius 1 is 1.07 bits per heavy atom. The Kier molecular flexibility index (Phi) is 7.14. The third kappa shape index (κ3) is 5.51. The van der Waals surface area contributed by atoms with Crippen LogP contribution in [0.25, 0.3) is 5.69 Å². The van der Waals surface area contributed by atoms with E-state index in [4.69, 9.17) is 12.2 Å². The van der Waals surface area contributed by atoms with Crippen LogP contribution in [0.3, 0.4) is 0 Å². The molecule has 2 N–H and O–H groups in total. The van der Waals surface area contributed by atoms with Crippen molar-refractivity contribution >= 4 is 28.9 Å². The van der Waals surface area contributed by atoms with Crippen molar-refractivity contribution in [1.82, 2.24) is 15.1 Å². The number of amides is 1. The standard InChI is InChI=1S/C23H26N4OS/c1-3-4-6-9-18-12-14-19(15-13-18)25-23(29)26-22(28)21-16-24-27(17(21)2)20-10-7-5-8-11-20/h5,7-8,10-16H,3-4,6,9H2,1-2H3,(H2,25,26,28,29). The summed E-state index contributed by atoms with van der Waals surface area (Å²) < 4.78 is 1.74. The Morgan fingerprint density at radius 2 is 1.79 bits per heavy atom. The van der Waals surface area contributed by atoms with E-state index in [1.165, 1.54) is 24.8 Å². The van der Waals surface area contributed by atoms with Crippen LogP contribution in [-0.4, -0.2) is 20.8 Å². The van der Waals surface area contributed by atoms with E-state index >= 15 is 0 Å². The lowest BCUT2D eigenvalue weighted by Gasteiger charge is -2.10. The molecule has 3 rings (SSSR count). The molecule has 150 valence electrons. The van der Waals surface area contributed by atoms with Crippen LogP contribution >= 0.6 is 12.2 Å². The molecule has 0 atom stereocenters. The molecule has 2 aromatic carbocycles. The summed E-state index contributed by atoms with van der Waals surface area (Å²) >= 11 is 5.30. The number of nitrogens with one attached hydrogen (secondary N) is 2. The molecule has 29 heavy (non-hydrogen) atoms. The normalized spacial score (nSPS) is 10.6. The van der Waals surface area contributed by atoms with Crippen molar-refractivity contribution in [3.8, 4) is 5.69 Å². The van der Waals surface area contributed by atoms with Crippen LogP contribution in [0.2, 0.25) is 0 Å². The van der Waals surface area contributed by atoms with Gasteiger partial charge in [0.05, 0.1) is 23.1 Å². The lowest BCUT2D eigenvalue weighted by molar-refractivity contribution is 0.0977. The lowest BCUT2D eigenvalue weighted by Crippen LogP contribution is -2.34. The van der Waals surface area contributed by atoms with Gasteiger partial charge in [-0.15, -0.1) is 0 Å². The van der Waals surface area contributed by atoms with E-state index in [0.717, 1.165) is 23.5 Å². The van der Waals surface area contributed by atoms with Crippen LogP contribution in [0.4, 0.5) is 5.69 Å². The number of benzene rings is 2. The minimum atomic E-state index is -0.279. The molecule has 1 amide bonds. The zero-order chi connectivity index (χ0) is 20.6.